The summed E-state index contributed by atoms with van der Waals surface area (Å²) in [6, 6.07) is 2.05. The minimum absolute atomic E-state index is 0.0130. The Morgan fingerprint density at radius 2 is 1.86 bits per heavy atom. The van der Waals surface area contributed by atoms with Gasteiger partial charge in [-0.2, -0.15) is 0 Å². The van der Waals surface area contributed by atoms with E-state index in [1.54, 1.807) is 7.05 Å². The molecule has 0 saturated carbocycles. The molecule has 2 N–H and O–H groups in total. The summed E-state index contributed by atoms with van der Waals surface area (Å²) in [6.07, 6.45) is 0.678. The highest BCUT2D eigenvalue weighted by molar-refractivity contribution is 6.35. The molecule has 0 aliphatic heterocycles. The second-order valence-corrected chi connectivity index (χ2v) is 6.29. The van der Waals surface area contributed by atoms with E-state index in [4.69, 9.17) is 23.2 Å². The first-order valence-corrected chi connectivity index (χ1v) is 7.63. The molecule has 0 aromatic heterocycles. The number of carbonyl (C=O) groups excluding carboxylic acids is 1. The lowest BCUT2D eigenvalue weighted by Gasteiger charge is -2.24. The highest BCUT2D eigenvalue weighted by Gasteiger charge is 2.22. The molecule has 0 fully saturated rings. The van der Waals surface area contributed by atoms with Crippen LogP contribution in [0.5, 0.6) is 0 Å². The molecule has 2 unspecified atom stereocenters. The molecule has 0 spiro atoms. The van der Waals surface area contributed by atoms with Crippen LogP contribution in [0.2, 0.25) is 10.0 Å². The van der Waals surface area contributed by atoms with Crippen LogP contribution < -0.4 is 10.6 Å². The summed E-state index contributed by atoms with van der Waals surface area (Å²) < 4.78 is 13.6. The zero-order chi connectivity index (χ0) is 16.2. The van der Waals surface area contributed by atoms with Crippen LogP contribution in [0.4, 0.5) is 4.39 Å². The third kappa shape index (κ3) is 5.13. The molecule has 0 aliphatic carbocycles. The lowest BCUT2D eigenvalue weighted by Crippen LogP contribution is -2.44. The van der Waals surface area contributed by atoms with Crippen molar-refractivity contribution < 1.29 is 9.18 Å². The van der Waals surface area contributed by atoms with Crippen molar-refractivity contribution in [2.75, 3.05) is 7.05 Å². The molecule has 118 valence electrons. The fraction of sp³-hybridized carbons (Fsp3) is 0.533. The summed E-state index contributed by atoms with van der Waals surface area (Å²) in [4.78, 5) is 11.9. The molecule has 2 atom stereocenters. The van der Waals surface area contributed by atoms with Crippen LogP contribution in [0, 0.1) is 11.7 Å². The second-order valence-electron chi connectivity index (χ2n) is 5.47. The van der Waals surface area contributed by atoms with Gasteiger partial charge in [0, 0.05) is 18.1 Å². The Labute approximate surface area is 135 Å². The third-order valence-electron chi connectivity index (χ3n) is 3.23. The van der Waals surface area contributed by atoms with Crippen LogP contribution in [-0.4, -0.2) is 19.0 Å². The third-order valence-corrected chi connectivity index (χ3v) is 3.84. The van der Waals surface area contributed by atoms with Gasteiger partial charge < -0.3 is 5.32 Å². The predicted octanol–water partition coefficient (Wildman–Crippen LogP) is 3.94. The summed E-state index contributed by atoms with van der Waals surface area (Å²) >= 11 is 11.8. The molecule has 0 heterocycles. The number of benzene rings is 1. The molecule has 1 amide bonds. The Kier molecular flexibility index (Phi) is 6.91. The van der Waals surface area contributed by atoms with E-state index >= 15 is 0 Å². The van der Waals surface area contributed by atoms with Crippen molar-refractivity contribution in [1.29, 1.82) is 0 Å². The molecule has 21 heavy (non-hydrogen) atoms. The maximum absolute atomic E-state index is 13.6. The monoisotopic (exact) mass is 334 g/mol. The van der Waals surface area contributed by atoms with Crippen molar-refractivity contribution >= 4 is 29.1 Å². The SMILES string of the molecule is CNC(=O)C(CC(C)C)NC(C)c1cc(F)c(Cl)cc1Cl. The molecular weight excluding hydrogens is 314 g/mol. The fourth-order valence-corrected chi connectivity index (χ4v) is 2.70. The van der Waals surface area contributed by atoms with Crippen molar-refractivity contribution in [3.05, 3.63) is 33.6 Å². The van der Waals surface area contributed by atoms with E-state index in [0.29, 0.717) is 22.9 Å². The molecule has 0 aliphatic rings. The van der Waals surface area contributed by atoms with Crippen molar-refractivity contribution in [2.45, 2.75) is 39.3 Å². The number of rotatable bonds is 6. The normalized spacial score (nSPS) is 14.1. The summed E-state index contributed by atoms with van der Waals surface area (Å²) in [7, 11) is 1.59. The minimum Gasteiger partial charge on any atom is -0.358 e. The van der Waals surface area contributed by atoms with E-state index in [1.807, 2.05) is 20.8 Å². The summed E-state index contributed by atoms with van der Waals surface area (Å²) in [5, 5.41) is 6.19. The van der Waals surface area contributed by atoms with Crippen LogP contribution >= 0.6 is 23.2 Å². The molecule has 1 rings (SSSR count). The molecule has 0 radical (unpaired) electrons. The highest BCUT2D eigenvalue weighted by atomic mass is 35.5. The van der Waals surface area contributed by atoms with E-state index in [-0.39, 0.29) is 23.0 Å². The van der Waals surface area contributed by atoms with E-state index in [1.165, 1.54) is 12.1 Å². The van der Waals surface area contributed by atoms with Crippen LogP contribution in [-0.2, 0) is 4.79 Å². The van der Waals surface area contributed by atoms with Crippen LogP contribution in [0.1, 0.15) is 38.8 Å². The first kappa shape index (κ1) is 18.2. The predicted molar refractivity (Wildman–Crippen MR) is 85.3 cm³/mol. The Bertz CT molecular complexity index is 509. The van der Waals surface area contributed by atoms with Gasteiger partial charge in [0.25, 0.3) is 0 Å². The molecule has 1 aromatic rings. The zero-order valence-electron chi connectivity index (χ0n) is 12.6. The molecule has 6 heteroatoms. The van der Waals surface area contributed by atoms with Crippen LogP contribution in [0.15, 0.2) is 12.1 Å². The van der Waals surface area contributed by atoms with Crippen molar-refractivity contribution in [1.82, 2.24) is 10.6 Å². The topological polar surface area (TPSA) is 41.1 Å². The first-order chi connectivity index (χ1) is 9.76. The number of nitrogens with one attached hydrogen (secondary N) is 2. The van der Waals surface area contributed by atoms with Crippen molar-refractivity contribution in [3.8, 4) is 0 Å². The molecule has 1 aromatic carbocycles. The smallest absolute Gasteiger partial charge is 0.236 e. The number of likely N-dealkylation sites (N-methyl/N-ethyl adjacent to an activating group) is 1. The Hall–Kier alpha value is -0.840. The van der Waals surface area contributed by atoms with Gasteiger partial charge in [0.2, 0.25) is 5.91 Å². The number of amides is 1. The van der Waals surface area contributed by atoms with Crippen molar-refractivity contribution in [3.63, 3.8) is 0 Å². The zero-order valence-corrected chi connectivity index (χ0v) is 14.1. The minimum atomic E-state index is -0.523. The maximum Gasteiger partial charge on any atom is 0.236 e. The average Bonchev–Trinajstić information content (AvgIpc) is 2.40. The average molecular weight is 335 g/mol. The largest absolute Gasteiger partial charge is 0.358 e. The summed E-state index contributed by atoms with van der Waals surface area (Å²) in [5.74, 6) is -0.268. The Morgan fingerprint density at radius 3 is 2.38 bits per heavy atom. The van der Waals surface area contributed by atoms with E-state index in [9.17, 15) is 9.18 Å². The van der Waals surface area contributed by atoms with Gasteiger partial charge in [-0.3, -0.25) is 10.1 Å². The van der Waals surface area contributed by atoms with E-state index in [0.717, 1.165) is 0 Å². The fourth-order valence-electron chi connectivity index (χ4n) is 2.16. The standard InChI is InChI=1S/C15H21Cl2FN2O/c1-8(2)5-14(15(21)19-4)20-9(3)10-6-13(18)12(17)7-11(10)16/h6-9,14,20H,5H2,1-4H3,(H,19,21). The molecule has 0 saturated heterocycles. The van der Waals surface area contributed by atoms with Gasteiger partial charge in [-0.05, 0) is 37.0 Å². The first-order valence-electron chi connectivity index (χ1n) is 6.88. The molecule has 0 bridgehead atoms. The van der Waals surface area contributed by atoms with Gasteiger partial charge in [-0.25, -0.2) is 4.39 Å². The number of carbonyl (C=O) groups is 1. The van der Waals surface area contributed by atoms with Crippen LogP contribution in [0.25, 0.3) is 0 Å². The second kappa shape index (κ2) is 7.97. The van der Waals surface area contributed by atoms with Crippen molar-refractivity contribution in [2.24, 2.45) is 5.92 Å². The van der Waals surface area contributed by atoms with Gasteiger partial charge in [-0.1, -0.05) is 37.0 Å². The summed E-state index contributed by atoms with van der Waals surface area (Å²) in [5.41, 5.74) is 0.580. The Morgan fingerprint density at radius 1 is 1.24 bits per heavy atom. The van der Waals surface area contributed by atoms with E-state index < -0.39 is 5.82 Å². The highest BCUT2D eigenvalue weighted by Crippen LogP contribution is 2.29. The lowest BCUT2D eigenvalue weighted by atomic mass is 10.0. The Balaban J connectivity index is 2.93. The van der Waals surface area contributed by atoms with Gasteiger partial charge in [0.15, 0.2) is 0 Å². The van der Waals surface area contributed by atoms with Gasteiger partial charge in [0.05, 0.1) is 11.1 Å². The number of halogens is 3. The number of hydrogen-bond donors (Lipinski definition) is 2. The molecular formula is C15H21Cl2FN2O. The quantitative estimate of drug-likeness (QED) is 0.773. The number of hydrogen-bond acceptors (Lipinski definition) is 2. The van der Waals surface area contributed by atoms with Crippen LogP contribution in [0.3, 0.4) is 0 Å². The van der Waals surface area contributed by atoms with Gasteiger partial charge in [-0.15, -0.1) is 0 Å². The summed E-state index contributed by atoms with van der Waals surface area (Å²) in [6.45, 7) is 5.92. The van der Waals surface area contributed by atoms with Gasteiger partial charge in [0.1, 0.15) is 5.82 Å². The lowest BCUT2D eigenvalue weighted by molar-refractivity contribution is -0.123. The molecule has 3 nitrogen and oxygen atoms in total. The van der Waals surface area contributed by atoms with E-state index in [2.05, 4.69) is 10.6 Å². The maximum atomic E-state index is 13.6. The van der Waals surface area contributed by atoms with Gasteiger partial charge >= 0.3 is 0 Å².